The van der Waals surface area contributed by atoms with Gasteiger partial charge in [-0.25, -0.2) is 4.98 Å². The lowest BCUT2D eigenvalue weighted by atomic mass is 10.2. The van der Waals surface area contributed by atoms with Crippen LogP contribution in [-0.2, 0) is 6.54 Å². The first kappa shape index (κ1) is 25.3. The summed E-state index contributed by atoms with van der Waals surface area (Å²) in [6.45, 7) is -0.118. The van der Waals surface area contributed by atoms with Gasteiger partial charge in [0.1, 0.15) is 5.75 Å². The molecule has 1 aliphatic carbocycles. The quantitative estimate of drug-likeness (QED) is 0.268. The monoisotopic (exact) mass is 573 g/mol. The van der Waals surface area contributed by atoms with Gasteiger partial charge in [-0.15, -0.1) is 24.0 Å². The van der Waals surface area contributed by atoms with Gasteiger partial charge in [0.15, 0.2) is 5.96 Å². The fraction of sp³-hybridized carbons (Fsp3) is 0.478. The molecule has 2 aromatic rings. The molecule has 2 heterocycles. The van der Waals surface area contributed by atoms with E-state index in [2.05, 4.69) is 30.2 Å². The molecular weight excluding hydrogens is 543 g/mol. The summed E-state index contributed by atoms with van der Waals surface area (Å²) in [5, 5.41) is 6.74. The Morgan fingerprint density at radius 1 is 1.24 bits per heavy atom. The maximum absolute atomic E-state index is 12.7. The summed E-state index contributed by atoms with van der Waals surface area (Å²) in [5.41, 5.74) is 1.73. The lowest BCUT2D eigenvalue weighted by Gasteiger charge is -2.22. The standard InChI is InChI=1S/C23H29F2N5O2.HI/c1-26-23(28-13-17-8-10-27-21(12-17)31-15-16-6-7-16)29-18-9-11-30(14-18)19-4-2-3-5-20(19)32-22(24)25;/h2-5,8,10,12,16,18,22H,6-7,9,11,13-15H2,1H3,(H2,26,28,29);1H. The summed E-state index contributed by atoms with van der Waals surface area (Å²) in [5.74, 6) is 2.21. The highest BCUT2D eigenvalue weighted by Gasteiger charge is 2.26. The highest BCUT2D eigenvalue weighted by molar-refractivity contribution is 14.0. The number of alkyl halides is 2. The zero-order chi connectivity index (χ0) is 22.3. The van der Waals surface area contributed by atoms with Gasteiger partial charge in [0.2, 0.25) is 5.88 Å². The third-order valence-corrected chi connectivity index (χ3v) is 5.60. The predicted octanol–water partition coefficient (Wildman–Crippen LogP) is 4.03. The minimum atomic E-state index is -2.84. The molecule has 0 radical (unpaired) electrons. The molecule has 10 heteroatoms. The van der Waals surface area contributed by atoms with Crippen molar-refractivity contribution in [3.63, 3.8) is 0 Å². The number of aliphatic imine (C=N–C) groups is 1. The molecule has 0 spiro atoms. The molecule has 1 aromatic heterocycles. The van der Waals surface area contributed by atoms with Crippen LogP contribution >= 0.6 is 24.0 Å². The molecule has 2 fully saturated rings. The first-order valence-electron chi connectivity index (χ1n) is 10.9. The number of guanidine groups is 1. The number of hydrogen-bond acceptors (Lipinski definition) is 5. The Morgan fingerprint density at radius 3 is 2.82 bits per heavy atom. The maximum atomic E-state index is 12.7. The minimum absolute atomic E-state index is 0. The summed E-state index contributed by atoms with van der Waals surface area (Å²) in [6, 6.07) is 10.9. The van der Waals surface area contributed by atoms with E-state index in [0.29, 0.717) is 36.5 Å². The summed E-state index contributed by atoms with van der Waals surface area (Å²) in [7, 11) is 1.73. The first-order valence-corrected chi connectivity index (χ1v) is 10.9. The Hall–Kier alpha value is -2.37. The molecule has 1 atom stereocenters. The van der Waals surface area contributed by atoms with Crippen molar-refractivity contribution in [3.05, 3.63) is 48.2 Å². The van der Waals surface area contributed by atoms with E-state index >= 15 is 0 Å². The Bertz CT molecular complexity index is 929. The smallest absolute Gasteiger partial charge is 0.387 e. The van der Waals surface area contributed by atoms with E-state index in [1.54, 1.807) is 31.4 Å². The normalized spacial score (nSPS) is 18.1. The number of halogens is 3. The lowest BCUT2D eigenvalue weighted by molar-refractivity contribution is -0.0495. The van der Waals surface area contributed by atoms with E-state index in [1.165, 1.54) is 12.8 Å². The van der Waals surface area contributed by atoms with Crippen molar-refractivity contribution < 1.29 is 18.3 Å². The van der Waals surface area contributed by atoms with Crippen LogP contribution in [0.2, 0.25) is 0 Å². The molecule has 1 unspecified atom stereocenters. The molecular formula is C23H30F2IN5O2. The summed E-state index contributed by atoms with van der Waals surface area (Å²) in [4.78, 5) is 10.6. The molecule has 1 saturated heterocycles. The molecule has 1 aliphatic heterocycles. The van der Waals surface area contributed by atoms with Gasteiger partial charge in [-0.2, -0.15) is 8.78 Å². The van der Waals surface area contributed by atoms with Gasteiger partial charge < -0.3 is 25.0 Å². The van der Waals surface area contributed by atoms with Gasteiger partial charge in [0, 0.05) is 45.0 Å². The molecule has 2 N–H and O–H groups in total. The number of para-hydroxylation sites is 2. The fourth-order valence-corrected chi connectivity index (χ4v) is 3.71. The van der Waals surface area contributed by atoms with Crippen LogP contribution in [0.25, 0.3) is 0 Å². The molecule has 0 amide bonds. The van der Waals surface area contributed by atoms with Crippen molar-refractivity contribution in [2.45, 2.75) is 38.5 Å². The fourth-order valence-electron chi connectivity index (χ4n) is 3.71. The minimum Gasteiger partial charge on any atom is -0.477 e. The number of nitrogens with zero attached hydrogens (tertiary/aromatic N) is 3. The molecule has 1 aromatic carbocycles. The summed E-state index contributed by atoms with van der Waals surface area (Å²) in [6.07, 6.45) is 5.10. The van der Waals surface area contributed by atoms with E-state index in [1.807, 2.05) is 18.2 Å². The average Bonchev–Trinajstić information content (AvgIpc) is 3.52. The second-order valence-corrected chi connectivity index (χ2v) is 8.10. The topological polar surface area (TPSA) is 71.0 Å². The molecule has 2 aliphatic rings. The zero-order valence-corrected chi connectivity index (χ0v) is 20.9. The SMILES string of the molecule is CN=C(NCc1ccnc(OCC2CC2)c1)NC1CCN(c2ccccc2OC(F)F)C1.I. The van der Waals surface area contributed by atoms with Crippen LogP contribution in [0.3, 0.4) is 0 Å². The van der Waals surface area contributed by atoms with Crippen LogP contribution in [0.1, 0.15) is 24.8 Å². The number of anilines is 1. The van der Waals surface area contributed by atoms with E-state index in [-0.39, 0.29) is 35.8 Å². The van der Waals surface area contributed by atoms with E-state index in [9.17, 15) is 8.78 Å². The molecule has 1 saturated carbocycles. The summed E-state index contributed by atoms with van der Waals surface area (Å²) >= 11 is 0. The van der Waals surface area contributed by atoms with Crippen LogP contribution in [0, 0.1) is 5.92 Å². The Labute approximate surface area is 210 Å². The van der Waals surface area contributed by atoms with Crippen molar-refractivity contribution in [2.75, 3.05) is 31.6 Å². The Kier molecular flexibility index (Phi) is 9.33. The van der Waals surface area contributed by atoms with Gasteiger partial charge in [-0.3, -0.25) is 4.99 Å². The van der Waals surface area contributed by atoms with E-state index in [4.69, 9.17) is 4.74 Å². The largest absolute Gasteiger partial charge is 0.477 e. The first-order chi connectivity index (χ1) is 15.6. The van der Waals surface area contributed by atoms with Crippen molar-refractivity contribution in [2.24, 2.45) is 10.9 Å². The van der Waals surface area contributed by atoms with Gasteiger partial charge in [0.25, 0.3) is 0 Å². The highest BCUT2D eigenvalue weighted by atomic mass is 127. The van der Waals surface area contributed by atoms with Gasteiger partial charge in [0.05, 0.1) is 12.3 Å². The van der Waals surface area contributed by atoms with Gasteiger partial charge in [-0.1, -0.05) is 12.1 Å². The zero-order valence-electron chi connectivity index (χ0n) is 18.5. The second kappa shape index (κ2) is 12.2. The van der Waals surface area contributed by atoms with E-state index < -0.39 is 6.61 Å². The van der Waals surface area contributed by atoms with Crippen molar-refractivity contribution in [1.29, 1.82) is 0 Å². The lowest BCUT2D eigenvalue weighted by Crippen LogP contribution is -2.44. The van der Waals surface area contributed by atoms with Gasteiger partial charge in [-0.05, 0) is 48.9 Å². The van der Waals surface area contributed by atoms with E-state index in [0.717, 1.165) is 25.1 Å². The van der Waals surface area contributed by atoms with Crippen molar-refractivity contribution in [1.82, 2.24) is 15.6 Å². The average molecular weight is 573 g/mol. The van der Waals surface area contributed by atoms with Gasteiger partial charge >= 0.3 is 6.61 Å². The molecule has 4 rings (SSSR count). The predicted molar refractivity (Wildman–Crippen MR) is 135 cm³/mol. The van der Waals surface area contributed by atoms with Crippen LogP contribution in [0.4, 0.5) is 14.5 Å². The number of nitrogens with one attached hydrogen (secondary N) is 2. The van der Waals surface area contributed by atoms with Crippen molar-refractivity contribution in [3.8, 4) is 11.6 Å². The number of aromatic nitrogens is 1. The highest BCUT2D eigenvalue weighted by Crippen LogP contribution is 2.32. The Morgan fingerprint density at radius 2 is 2.06 bits per heavy atom. The second-order valence-electron chi connectivity index (χ2n) is 8.10. The third kappa shape index (κ3) is 7.58. The van der Waals surface area contributed by atoms with Crippen LogP contribution < -0.4 is 25.0 Å². The number of ether oxygens (including phenoxy) is 2. The molecule has 0 bridgehead atoms. The van der Waals surface area contributed by atoms with Crippen LogP contribution in [0.5, 0.6) is 11.6 Å². The van der Waals surface area contributed by atoms with Crippen LogP contribution in [0.15, 0.2) is 47.6 Å². The third-order valence-electron chi connectivity index (χ3n) is 5.60. The van der Waals surface area contributed by atoms with Crippen LogP contribution in [-0.4, -0.2) is 50.3 Å². The number of rotatable bonds is 9. The maximum Gasteiger partial charge on any atom is 0.387 e. The molecule has 180 valence electrons. The molecule has 7 nitrogen and oxygen atoms in total. The molecule has 33 heavy (non-hydrogen) atoms. The Balaban J connectivity index is 0.00000306. The number of benzene rings is 1. The summed E-state index contributed by atoms with van der Waals surface area (Å²) < 4.78 is 35.9. The number of pyridine rings is 1. The number of hydrogen-bond donors (Lipinski definition) is 2. The van der Waals surface area contributed by atoms with Crippen molar-refractivity contribution >= 4 is 35.6 Å².